The van der Waals surface area contributed by atoms with E-state index in [1.165, 1.54) is 12.1 Å². The lowest BCUT2D eigenvalue weighted by molar-refractivity contribution is 0.102. The van der Waals surface area contributed by atoms with Crippen molar-refractivity contribution in [2.75, 3.05) is 16.8 Å². The van der Waals surface area contributed by atoms with Gasteiger partial charge in [-0.25, -0.2) is 8.42 Å². The van der Waals surface area contributed by atoms with Crippen LogP contribution in [-0.2, 0) is 9.84 Å². The van der Waals surface area contributed by atoms with Gasteiger partial charge in [-0.15, -0.1) is 0 Å². The Hall–Kier alpha value is -2.34. The summed E-state index contributed by atoms with van der Waals surface area (Å²) in [6.45, 7) is 1.59. The molecule has 110 valence electrons. The number of hydrogen-bond acceptors (Lipinski definition) is 4. The lowest BCUT2D eigenvalue weighted by atomic mass is 10.2. The van der Waals surface area contributed by atoms with Crippen LogP contribution in [0.25, 0.3) is 0 Å². The summed E-state index contributed by atoms with van der Waals surface area (Å²) in [6, 6.07) is 12.6. The van der Waals surface area contributed by atoms with Gasteiger partial charge in [-0.05, 0) is 48.5 Å². The van der Waals surface area contributed by atoms with Crippen molar-refractivity contribution in [3.05, 3.63) is 54.1 Å². The molecule has 1 amide bonds. The fraction of sp³-hybridized carbons (Fsp3) is 0.133. The molecule has 21 heavy (non-hydrogen) atoms. The predicted octanol–water partition coefficient (Wildman–Crippen LogP) is 2.31. The highest BCUT2D eigenvalue weighted by molar-refractivity contribution is 7.91. The van der Waals surface area contributed by atoms with Gasteiger partial charge in [-0.3, -0.25) is 4.79 Å². The Morgan fingerprint density at radius 3 is 2.14 bits per heavy atom. The van der Waals surface area contributed by atoms with E-state index in [-0.39, 0.29) is 16.6 Å². The van der Waals surface area contributed by atoms with Gasteiger partial charge in [0.05, 0.1) is 10.6 Å². The highest BCUT2D eigenvalue weighted by Crippen LogP contribution is 2.16. The molecule has 0 unspecified atom stereocenters. The highest BCUT2D eigenvalue weighted by atomic mass is 32.2. The number of nitrogen functional groups attached to an aromatic ring is 1. The second-order valence-electron chi connectivity index (χ2n) is 4.50. The van der Waals surface area contributed by atoms with Crippen molar-refractivity contribution >= 4 is 27.1 Å². The number of benzene rings is 2. The Balaban J connectivity index is 2.13. The Kier molecular flexibility index (Phi) is 4.28. The Morgan fingerprint density at radius 2 is 1.62 bits per heavy atom. The third kappa shape index (κ3) is 3.61. The third-order valence-corrected chi connectivity index (χ3v) is 4.77. The molecule has 0 atom stereocenters. The lowest BCUT2D eigenvalue weighted by Gasteiger charge is -2.07. The number of carbonyl (C=O) groups excluding carboxylic acids is 1. The molecule has 5 nitrogen and oxygen atoms in total. The van der Waals surface area contributed by atoms with Gasteiger partial charge in [-0.2, -0.15) is 0 Å². The van der Waals surface area contributed by atoms with Crippen molar-refractivity contribution < 1.29 is 13.2 Å². The SMILES string of the molecule is CCS(=O)(=O)c1ccc(NC(=O)c2ccc(N)cc2)cc1. The molecule has 0 radical (unpaired) electrons. The molecular weight excluding hydrogens is 288 g/mol. The number of sulfone groups is 1. The standard InChI is InChI=1S/C15H16N2O3S/c1-2-21(19,20)14-9-7-13(8-10-14)17-15(18)11-3-5-12(16)6-4-11/h3-10H,2,16H2,1H3,(H,17,18). The van der Waals surface area contributed by atoms with E-state index in [4.69, 9.17) is 5.73 Å². The highest BCUT2D eigenvalue weighted by Gasteiger charge is 2.11. The molecule has 0 heterocycles. The van der Waals surface area contributed by atoms with Gasteiger partial charge >= 0.3 is 0 Å². The number of carbonyl (C=O) groups is 1. The van der Waals surface area contributed by atoms with Gasteiger partial charge < -0.3 is 11.1 Å². The van der Waals surface area contributed by atoms with Gasteiger partial charge in [0.25, 0.3) is 5.91 Å². The maximum Gasteiger partial charge on any atom is 0.255 e. The second kappa shape index (κ2) is 5.97. The van der Waals surface area contributed by atoms with E-state index < -0.39 is 9.84 Å². The fourth-order valence-electron chi connectivity index (χ4n) is 1.75. The number of anilines is 2. The summed E-state index contributed by atoms with van der Waals surface area (Å²) in [5.41, 5.74) is 7.16. The summed E-state index contributed by atoms with van der Waals surface area (Å²) in [5, 5.41) is 2.70. The van der Waals surface area contributed by atoms with Crippen LogP contribution in [-0.4, -0.2) is 20.1 Å². The zero-order valence-corrected chi connectivity index (χ0v) is 12.4. The van der Waals surface area contributed by atoms with E-state index in [2.05, 4.69) is 5.32 Å². The summed E-state index contributed by atoms with van der Waals surface area (Å²) < 4.78 is 23.4. The first-order valence-corrected chi connectivity index (χ1v) is 8.07. The first-order chi connectivity index (χ1) is 9.92. The molecule has 0 saturated heterocycles. The van der Waals surface area contributed by atoms with Gasteiger partial charge in [0.15, 0.2) is 9.84 Å². The minimum absolute atomic E-state index is 0.0458. The van der Waals surface area contributed by atoms with Crippen molar-refractivity contribution in [2.24, 2.45) is 0 Å². The average molecular weight is 304 g/mol. The first-order valence-electron chi connectivity index (χ1n) is 6.42. The van der Waals surface area contributed by atoms with Crippen LogP contribution in [0.1, 0.15) is 17.3 Å². The Bertz CT molecular complexity index is 735. The van der Waals surface area contributed by atoms with Crippen LogP contribution >= 0.6 is 0 Å². The molecule has 3 N–H and O–H groups in total. The van der Waals surface area contributed by atoms with E-state index in [0.717, 1.165) is 0 Å². The van der Waals surface area contributed by atoms with Crippen molar-refractivity contribution in [3.8, 4) is 0 Å². The monoisotopic (exact) mass is 304 g/mol. The molecule has 6 heteroatoms. The van der Waals surface area contributed by atoms with Crippen molar-refractivity contribution in [2.45, 2.75) is 11.8 Å². The van der Waals surface area contributed by atoms with E-state index in [1.807, 2.05) is 0 Å². The summed E-state index contributed by atoms with van der Waals surface area (Å²) in [4.78, 5) is 12.2. The smallest absolute Gasteiger partial charge is 0.255 e. The van der Waals surface area contributed by atoms with Crippen LogP contribution < -0.4 is 11.1 Å². The molecule has 2 rings (SSSR count). The van der Waals surface area contributed by atoms with Crippen LogP contribution in [0.2, 0.25) is 0 Å². The fourth-order valence-corrected chi connectivity index (χ4v) is 2.63. The average Bonchev–Trinajstić information content (AvgIpc) is 2.48. The maximum absolute atomic E-state index is 12.0. The molecule has 0 aliphatic rings. The molecule has 0 fully saturated rings. The zero-order chi connectivity index (χ0) is 15.5. The predicted molar refractivity (Wildman–Crippen MR) is 83.0 cm³/mol. The molecule has 2 aromatic carbocycles. The Labute approximate surface area is 123 Å². The summed E-state index contributed by atoms with van der Waals surface area (Å²) in [6.07, 6.45) is 0. The molecule has 0 saturated carbocycles. The molecule has 2 aromatic rings. The van der Waals surface area contributed by atoms with Gasteiger partial charge in [0.1, 0.15) is 0 Å². The maximum atomic E-state index is 12.0. The number of amides is 1. The lowest BCUT2D eigenvalue weighted by Crippen LogP contribution is -2.12. The third-order valence-electron chi connectivity index (χ3n) is 3.02. The quantitative estimate of drug-likeness (QED) is 0.848. The van der Waals surface area contributed by atoms with Crippen LogP contribution in [0.15, 0.2) is 53.4 Å². The van der Waals surface area contributed by atoms with Gasteiger partial charge in [0.2, 0.25) is 0 Å². The van der Waals surface area contributed by atoms with E-state index in [9.17, 15) is 13.2 Å². The molecule has 0 aromatic heterocycles. The first kappa shape index (κ1) is 15.1. The van der Waals surface area contributed by atoms with Crippen molar-refractivity contribution in [3.63, 3.8) is 0 Å². The molecule has 0 aliphatic heterocycles. The Morgan fingerprint density at radius 1 is 1.05 bits per heavy atom. The number of nitrogens with one attached hydrogen (secondary N) is 1. The number of hydrogen-bond donors (Lipinski definition) is 2. The normalized spacial score (nSPS) is 11.1. The number of nitrogens with two attached hydrogens (primary N) is 1. The van der Waals surface area contributed by atoms with E-state index >= 15 is 0 Å². The molecular formula is C15H16N2O3S. The van der Waals surface area contributed by atoms with Crippen molar-refractivity contribution in [1.29, 1.82) is 0 Å². The molecule has 0 bridgehead atoms. The van der Waals surface area contributed by atoms with E-state index in [1.54, 1.807) is 43.3 Å². The van der Waals surface area contributed by atoms with Crippen molar-refractivity contribution in [1.82, 2.24) is 0 Å². The minimum atomic E-state index is -3.23. The van der Waals surface area contributed by atoms with Crippen LogP contribution in [0.5, 0.6) is 0 Å². The topological polar surface area (TPSA) is 89.3 Å². The van der Waals surface area contributed by atoms with Crippen LogP contribution in [0, 0.1) is 0 Å². The summed E-state index contributed by atoms with van der Waals surface area (Å²) >= 11 is 0. The van der Waals surface area contributed by atoms with Crippen LogP contribution in [0.3, 0.4) is 0 Å². The van der Waals surface area contributed by atoms with Crippen LogP contribution in [0.4, 0.5) is 11.4 Å². The largest absolute Gasteiger partial charge is 0.399 e. The molecule has 0 spiro atoms. The zero-order valence-electron chi connectivity index (χ0n) is 11.5. The van der Waals surface area contributed by atoms with Gasteiger partial charge in [0, 0.05) is 16.9 Å². The van der Waals surface area contributed by atoms with Gasteiger partial charge in [-0.1, -0.05) is 6.92 Å². The number of rotatable bonds is 4. The second-order valence-corrected chi connectivity index (χ2v) is 6.78. The summed E-state index contributed by atoms with van der Waals surface area (Å²) in [5.74, 6) is -0.231. The van der Waals surface area contributed by atoms with E-state index in [0.29, 0.717) is 16.9 Å². The summed E-state index contributed by atoms with van der Waals surface area (Å²) in [7, 11) is -3.23. The minimum Gasteiger partial charge on any atom is -0.399 e. The molecule has 0 aliphatic carbocycles.